The van der Waals surface area contributed by atoms with E-state index in [0.717, 1.165) is 0 Å². The smallest absolute Gasteiger partial charge is 0.409 e. The summed E-state index contributed by atoms with van der Waals surface area (Å²) in [5.74, 6) is -0.371. The fourth-order valence-corrected chi connectivity index (χ4v) is 3.47. The van der Waals surface area contributed by atoms with Crippen molar-refractivity contribution in [1.82, 2.24) is 29.4 Å². The van der Waals surface area contributed by atoms with Crippen LogP contribution < -0.4 is 5.32 Å². The predicted octanol–water partition coefficient (Wildman–Crippen LogP) is 1.52. The molecular formula is C20H29N7O4. The van der Waals surface area contributed by atoms with Gasteiger partial charge in [-0.1, -0.05) is 0 Å². The Morgan fingerprint density at radius 2 is 1.84 bits per heavy atom. The van der Waals surface area contributed by atoms with Crippen LogP contribution >= 0.6 is 0 Å². The van der Waals surface area contributed by atoms with Crippen molar-refractivity contribution in [3.05, 3.63) is 29.8 Å². The SMILES string of the molecule is CCOC(=O)N1CCN(C(=O)C(C)n2cc(NC(=O)c3ccnn3CC)c(C)n2)CC1. The van der Waals surface area contributed by atoms with Crippen molar-refractivity contribution in [3.63, 3.8) is 0 Å². The standard InChI is InChI=1S/C20H29N7O4/c1-5-26-17(7-8-21-26)18(28)22-16-13-27(23-14(16)3)15(4)19(29)24-9-11-25(12-10-24)20(30)31-6-2/h7-8,13,15H,5-6,9-12H2,1-4H3,(H,22,28). The zero-order valence-electron chi connectivity index (χ0n) is 18.4. The minimum Gasteiger partial charge on any atom is -0.450 e. The summed E-state index contributed by atoms with van der Waals surface area (Å²) in [7, 11) is 0. The molecule has 3 rings (SSSR count). The van der Waals surface area contributed by atoms with Gasteiger partial charge in [0.2, 0.25) is 5.91 Å². The number of hydrogen-bond donors (Lipinski definition) is 1. The van der Waals surface area contributed by atoms with E-state index in [4.69, 9.17) is 4.74 Å². The number of aryl methyl sites for hydroxylation is 2. The summed E-state index contributed by atoms with van der Waals surface area (Å²) in [6.45, 7) is 9.87. The Kier molecular flexibility index (Phi) is 6.93. The first kappa shape index (κ1) is 22.3. The highest BCUT2D eigenvalue weighted by Gasteiger charge is 2.29. The maximum atomic E-state index is 12.9. The second-order valence-electron chi connectivity index (χ2n) is 7.28. The number of piperazine rings is 1. The zero-order chi connectivity index (χ0) is 22.5. The normalized spacial score (nSPS) is 15.0. The highest BCUT2D eigenvalue weighted by molar-refractivity contribution is 6.03. The van der Waals surface area contributed by atoms with Gasteiger partial charge in [-0.15, -0.1) is 0 Å². The maximum absolute atomic E-state index is 12.9. The number of nitrogens with zero attached hydrogens (tertiary/aromatic N) is 6. The Bertz CT molecular complexity index is 943. The van der Waals surface area contributed by atoms with Crippen LogP contribution in [0, 0.1) is 6.92 Å². The van der Waals surface area contributed by atoms with Gasteiger partial charge in [0.25, 0.3) is 5.91 Å². The molecule has 1 saturated heterocycles. The highest BCUT2D eigenvalue weighted by atomic mass is 16.6. The number of aromatic nitrogens is 4. The lowest BCUT2D eigenvalue weighted by Gasteiger charge is -2.35. The fourth-order valence-electron chi connectivity index (χ4n) is 3.47. The fraction of sp³-hybridized carbons (Fsp3) is 0.550. The second-order valence-corrected chi connectivity index (χ2v) is 7.28. The summed E-state index contributed by atoms with van der Waals surface area (Å²) in [4.78, 5) is 40.7. The third-order valence-electron chi connectivity index (χ3n) is 5.29. The molecule has 31 heavy (non-hydrogen) atoms. The van der Waals surface area contributed by atoms with Gasteiger partial charge in [-0.2, -0.15) is 10.2 Å². The molecule has 0 aliphatic carbocycles. The lowest BCUT2D eigenvalue weighted by molar-refractivity contribution is -0.136. The van der Waals surface area contributed by atoms with Crippen LogP contribution in [0.5, 0.6) is 0 Å². The minimum atomic E-state index is -0.542. The number of amides is 3. The molecule has 1 unspecified atom stereocenters. The number of hydrogen-bond acceptors (Lipinski definition) is 6. The molecule has 3 amide bonds. The van der Waals surface area contributed by atoms with E-state index in [1.165, 1.54) is 0 Å². The van der Waals surface area contributed by atoms with E-state index in [0.29, 0.717) is 56.4 Å². The summed E-state index contributed by atoms with van der Waals surface area (Å²) in [5.41, 5.74) is 1.61. The van der Waals surface area contributed by atoms with Crippen LogP contribution in [0.2, 0.25) is 0 Å². The van der Waals surface area contributed by atoms with Gasteiger partial charge in [0.15, 0.2) is 0 Å². The molecule has 168 valence electrons. The molecule has 2 aromatic rings. The van der Waals surface area contributed by atoms with E-state index in [2.05, 4.69) is 15.5 Å². The molecule has 0 spiro atoms. The number of anilines is 1. The summed E-state index contributed by atoms with van der Waals surface area (Å²) < 4.78 is 8.18. The molecule has 11 heteroatoms. The summed E-state index contributed by atoms with van der Waals surface area (Å²) in [6, 6.07) is 1.11. The van der Waals surface area contributed by atoms with E-state index in [-0.39, 0.29) is 17.9 Å². The average molecular weight is 431 g/mol. The number of nitrogens with one attached hydrogen (secondary N) is 1. The third kappa shape index (κ3) is 4.86. The van der Waals surface area contributed by atoms with Crippen molar-refractivity contribution in [1.29, 1.82) is 0 Å². The summed E-state index contributed by atoms with van der Waals surface area (Å²) in [5, 5.41) is 11.4. The molecule has 2 aromatic heterocycles. The van der Waals surface area contributed by atoms with Crippen molar-refractivity contribution in [3.8, 4) is 0 Å². The van der Waals surface area contributed by atoms with Crippen LogP contribution in [0.15, 0.2) is 18.5 Å². The Morgan fingerprint density at radius 1 is 1.16 bits per heavy atom. The second kappa shape index (κ2) is 9.63. The summed E-state index contributed by atoms with van der Waals surface area (Å²) in [6.07, 6.45) is 2.89. The Balaban J connectivity index is 1.62. The predicted molar refractivity (Wildman–Crippen MR) is 113 cm³/mol. The Hall–Kier alpha value is -3.37. The molecule has 0 bridgehead atoms. The molecule has 0 radical (unpaired) electrons. The van der Waals surface area contributed by atoms with E-state index in [1.54, 1.807) is 58.4 Å². The van der Waals surface area contributed by atoms with E-state index < -0.39 is 6.04 Å². The van der Waals surface area contributed by atoms with Gasteiger partial charge in [0, 0.05) is 45.1 Å². The van der Waals surface area contributed by atoms with Crippen molar-refractivity contribution in [2.24, 2.45) is 0 Å². The first-order valence-electron chi connectivity index (χ1n) is 10.4. The molecule has 0 saturated carbocycles. The number of carbonyl (C=O) groups excluding carboxylic acids is 3. The number of carbonyl (C=O) groups is 3. The molecule has 11 nitrogen and oxygen atoms in total. The van der Waals surface area contributed by atoms with Gasteiger partial charge in [-0.25, -0.2) is 4.79 Å². The Labute approximate surface area is 180 Å². The summed E-state index contributed by atoms with van der Waals surface area (Å²) >= 11 is 0. The van der Waals surface area contributed by atoms with E-state index in [1.807, 2.05) is 6.92 Å². The first-order valence-corrected chi connectivity index (χ1v) is 10.4. The van der Waals surface area contributed by atoms with Crippen LogP contribution in [0.4, 0.5) is 10.5 Å². The highest BCUT2D eigenvalue weighted by Crippen LogP contribution is 2.19. The number of ether oxygens (including phenoxy) is 1. The molecule has 1 aliphatic heterocycles. The molecule has 1 aliphatic rings. The van der Waals surface area contributed by atoms with Gasteiger partial charge in [0.1, 0.15) is 11.7 Å². The van der Waals surface area contributed by atoms with Crippen molar-refractivity contribution in [2.45, 2.75) is 40.3 Å². The van der Waals surface area contributed by atoms with Gasteiger partial charge >= 0.3 is 6.09 Å². The van der Waals surface area contributed by atoms with Gasteiger partial charge in [0.05, 0.1) is 18.0 Å². The van der Waals surface area contributed by atoms with Gasteiger partial charge in [-0.05, 0) is 33.8 Å². The van der Waals surface area contributed by atoms with Crippen LogP contribution in [-0.4, -0.2) is 80.1 Å². The van der Waals surface area contributed by atoms with Crippen LogP contribution in [-0.2, 0) is 16.1 Å². The Morgan fingerprint density at radius 3 is 2.48 bits per heavy atom. The van der Waals surface area contributed by atoms with Crippen LogP contribution in [0.3, 0.4) is 0 Å². The monoisotopic (exact) mass is 431 g/mol. The molecule has 1 N–H and O–H groups in total. The third-order valence-corrected chi connectivity index (χ3v) is 5.29. The topological polar surface area (TPSA) is 115 Å². The van der Waals surface area contributed by atoms with Crippen molar-refractivity contribution < 1.29 is 19.1 Å². The largest absolute Gasteiger partial charge is 0.450 e. The van der Waals surface area contributed by atoms with Gasteiger partial charge < -0.3 is 19.9 Å². The van der Waals surface area contributed by atoms with E-state index in [9.17, 15) is 14.4 Å². The number of rotatable bonds is 6. The lowest BCUT2D eigenvalue weighted by atomic mass is 10.2. The lowest BCUT2D eigenvalue weighted by Crippen LogP contribution is -2.52. The van der Waals surface area contributed by atoms with Crippen LogP contribution in [0.1, 0.15) is 43.0 Å². The molecular weight excluding hydrogens is 402 g/mol. The van der Waals surface area contributed by atoms with Crippen molar-refractivity contribution in [2.75, 3.05) is 38.1 Å². The minimum absolute atomic E-state index is 0.0899. The quantitative estimate of drug-likeness (QED) is 0.742. The van der Waals surface area contributed by atoms with Crippen LogP contribution in [0.25, 0.3) is 0 Å². The molecule has 3 heterocycles. The van der Waals surface area contributed by atoms with Gasteiger partial charge in [-0.3, -0.25) is 19.0 Å². The van der Waals surface area contributed by atoms with Crippen molar-refractivity contribution >= 4 is 23.6 Å². The first-order chi connectivity index (χ1) is 14.8. The molecule has 1 fully saturated rings. The molecule has 1 atom stereocenters. The maximum Gasteiger partial charge on any atom is 0.409 e. The zero-order valence-corrected chi connectivity index (χ0v) is 18.4. The van der Waals surface area contributed by atoms with E-state index >= 15 is 0 Å². The molecule has 0 aromatic carbocycles. The average Bonchev–Trinajstić information content (AvgIpc) is 3.39.